The third kappa shape index (κ3) is 4.22. The van der Waals surface area contributed by atoms with Crippen LogP contribution in [0.15, 0.2) is 18.2 Å². The highest BCUT2D eigenvalue weighted by molar-refractivity contribution is 5.90. The van der Waals surface area contributed by atoms with Gasteiger partial charge in [-0.3, -0.25) is 10.1 Å². The molecule has 1 aromatic carbocycles. The van der Waals surface area contributed by atoms with Crippen molar-refractivity contribution >= 4 is 11.7 Å². The predicted octanol–water partition coefficient (Wildman–Crippen LogP) is 3.20. The lowest BCUT2D eigenvalue weighted by atomic mass is 10.1. The fourth-order valence-electron chi connectivity index (χ4n) is 1.83. The average Bonchev–Trinajstić information content (AvgIpc) is 2.44. The van der Waals surface area contributed by atoms with E-state index < -0.39 is 10.9 Å². The molecule has 6 nitrogen and oxygen atoms in total. The molecule has 1 unspecified atom stereocenters. The van der Waals surface area contributed by atoms with Crippen molar-refractivity contribution in [1.82, 2.24) is 0 Å². The smallest absolute Gasteiger partial charge is 0.337 e. The lowest BCUT2D eigenvalue weighted by molar-refractivity contribution is -0.385. The zero-order chi connectivity index (χ0) is 15.1. The van der Waals surface area contributed by atoms with Gasteiger partial charge in [-0.1, -0.05) is 20.3 Å². The predicted molar refractivity (Wildman–Crippen MR) is 74.0 cm³/mol. The number of rotatable bonds is 7. The summed E-state index contributed by atoms with van der Waals surface area (Å²) in [5.74, 6) is -0.159. The van der Waals surface area contributed by atoms with E-state index >= 15 is 0 Å². The second-order valence-corrected chi connectivity index (χ2v) is 4.64. The molecule has 0 aliphatic heterocycles. The van der Waals surface area contributed by atoms with Gasteiger partial charge in [-0.05, 0) is 18.4 Å². The van der Waals surface area contributed by atoms with Crippen LogP contribution in [0.25, 0.3) is 0 Å². The first-order chi connectivity index (χ1) is 9.49. The van der Waals surface area contributed by atoms with Gasteiger partial charge in [0.1, 0.15) is 0 Å². The van der Waals surface area contributed by atoms with Crippen LogP contribution in [0.1, 0.15) is 37.0 Å². The zero-order valence-electron chi connectivity index (χ0n) is 11.9. The Hall–Kier alpha value is -2.11. The molecule has 1 aromatic rings. The van der Waals surface area contributed by atoms with Crippen molar-refractivity contribution in [2.45, 2.75) is 26.7 Å². The van der Waals surface area contributed by atoms with E-state index in [0.717, 1.165) is 12.8 Å². The second-order valence-electron chi connectivity index (χ2n) is 4.64. The second kappa shape index (κ2) is 7.47. The Bertz CT molecular complexity index is 486. The molecule has 0 aliphatic carbocycles. The molecule has 110 valence electrons. The first kappa shape index (κ1) is 15.9. The van der Waals surface area contributed by atoms with Crippen LogP contribution in [0.3, 0.4) is 0 Å². The van der Waals surface area contributed by atoms with Crippen LogP contribution in [0.2, 0.25) is 0 Å². The van der Waals surface area contributed by atoms with Crippen molar-refractivity contribution in [2.24, 2.45) is 5.92 Å². The van der Waals surface area contributed by atoms with Crippen molar-refractivity contribution in [3.8, 4) is 5.75 Å². The molecule has 0 heterocycles. The summed E-state index contributed by atoms with van der Waals surface area (Å²) in [6.07, 6.45) is 2.00. The highest BCUT2D eigenvalue weighted by Gasteiger charge is 2.19. The number of nitrogens with zero attached hydrogens (tertiary/aromatic N) is 1. The number of esters is 1. The van der Waals surface area contributed by atoms with Crippen molar-refractivity contribution in [3.05, 3.63) is 33.9 Å². The lowest BCUT2D eigenvalue weighted by Crippen LogP contribution is -2.10. The number of carbonyl (C=O) groups excluding carboxylic acids is 1. The molecule has 20 heavy (non-hydrogen) atoms. The zero-order valence-corrected chi connectivity index (χ0v) is 11.9. The molecule has 0 fully saturated rings. The molecule has 6 heteroatoms. The molecule has 1 atom stereocenters. The molecule has 0 aromatic heterocycles. The van der Waals surface area contributed by atoms with Crippen LogP contribution in [-0.2, 0) is 4.74 Å². The lowest BCUT2D eigenvalue weighted by Gasteiger charge is -2.12. The van der Waals surface area contributed by atoms with E-state index in [2.05, 4.69) is 11.7 Å². The Kier molecular flexibility index (Phi) is 5.96. The van der Waals surface area contributed by atoms with Crippen LogP contribution in [0, 0.1) is 16.0 Å². The third-order valence-corrected chi connectivity index (χ3v) is 2.88. The molecule has 0 radical (unpaired) electrons. The normalized spacial score (nSPS) is 11.8. The molecule has 0 spiro atoms. The van der Waals surface area contributed by atoms with E-state index in [9.17, 15) is 14.9 Å². The molecule has 0 aliphatic rings. The first-order valence-electron chi connectivity index (χ1n) is 6.49. The number of benzene rings is 1. The Morgan fingerprint density at radius 3 is 2.70 bits per heavy atom. The van der Waals surface area contributed by atoms with E-state index in [-0.39, 0.29) is 17.0 Å². The van der Waals surface area contributed by atoms with Crippen molar-refractivity contribution in [3.63, 3.8) is 0 Å². The molecule has 1 rings (SSSR count). The number of ether oxygens (including phenoxy) is 2. The maximum absolute atomic E-state index is 11.4. The van der Waals surface area contributed by atoms with E-state index in [1.807, 2.05) is 6.92 Å². The van der Waals surface area contributed by atoms with Gasteiger partial charge in [-0.15, -0.1) is 0 Å². The molecule has 0 saturated carbocycles. The van der Waals surface area contributed by atoms with Crippen molar-refractivity contribution in [1.29, 1.82) is 0 Å². The number of hydrogen-bond acceptors (Lipinski definition) is 5. The largest absolute Gasteiger partial charge is 0.487 e. The molecule has 0 saturated heterocycles. The van der Waals surface area contributed by atoms with Gasteiger partial charge in [0.2, 0.25) is 0 Å². The van der Waals surface area contributed by atoms with Crippen molar-refractivity contribution in [2.75, 3.05) is 13.7 Å². The monoisotopic (exact) mass is 281 g/mol. The fraction of sp³-hybridized carbons (Fsp3) is 0.500. The van der Waals surface area contributed by atoms with Gasteiger partial charge in [0.15, 0.2) is 5.75 Å². The SMILES string of the molecule is CCCC(C)COc1cc(C(=O)OC)ccc1[N+](=O)[O-]. The summed E-state index contributed by atoms with van der Waals surface area (Å²) >= 11 is 0. The summed E-state index contributed by atoms with van der Waals surface area (Å²) < 4.78 is 10.1. The van der Waals surface area contributed by atoms with Gasteiger partial charge in [-0.25, -0.2) is 4.79 Å². The summed E-state index contributed by atoms with van der Waals surface area (Å²) in [5, 5.41) is 11.0. The van der Waals surface area contributed by atoms with Crippen LogP contribution in [0.5, 0.6) is 5.75 Å². The molecule has 0 bridgehead atoms. The number of methoxy groups -OCH3 is 1. The Balaban J connectivity index is 2.94. The topological polar surface area (TPSA) is 78.7 Å². The third-order valence-electron chi connectivity index (χ3n) is 2.88. The average molecular weight is 281 g/mol. The van der Waals surface area contributed by atoms with Crippen LogP contribution >= 0.6 is 0 Å². The summed E-state index contributed by atoms with van der Waals surface area (Å²) in [6, 6.07) is 3.96. The summed E-state index contributed by atoms with van der Waals surface area (Å²) in [4.78, 5) is 21.9. The van der Waals surface area contributed by atoms with Crippen LogP contribution < -0.4 is 4.74 Å². The van der Waals surface area contributed by atoms with Crippen LogP contribution in [-0.4, -0.2) is 24.6 Å². The van der Waals surface area contributed by atoms with Crippen LogP contribution in [0.4, 0.5) is 5.69 Å². The molecule has 0 amide bonds. The number of nitro benzene ring substituents is 1. The minimum Gasteiger partial charge on any atom is -0.487 e. The summed E-state index contributed by atoms with van der Waals surface area (Å²) in [7, 11) is 1.26. The van der Waals surface area contributed by atoms with Gasteiger partial charge < -0.3 is 9.47 Å². The highest BCUT2D eigenvalue weighted by Crippen LogP contribution is 2.29. The molecular weight excluding hydrogens is 262 g/mol. The molecule has 0 N–H and O–H groups in total. The minimum atomic E-state index is -0.550. The number of hydrogen-bond donors (Lipinski definition) is 0. The summed E-state index contributed by atoms with van der Waals surface area (Å²) in [6.45, 7) is 4.45. The van der Waals surface area contributed by atoms with Gasteiger partial charge in [0.25, 0.3) is 0 Å². The summed E-state index contributed by atoms with van der Waals surface area (Å²) in [5.41, 5.74) is 0.0811. The van der Waals surface area contributed by atoms with E-state index in [1.165, 1.54) is 25.3 Å². The Labute approximate surface area is 117 Å². The standard InChI is InChI=1S/C14H19NO5/c1-4-5-10(2)9-20-13-8-11(14(16)19-3)6-7-12(13)15(17)18/h6-8,10H,4-5,9H2,1-3H3. The van der Waals surface area contributed by atoms with E-state index in [4.69, 9.17) is 4.74 Å². The van der Waals surface area contributed by atoms with E-state index in [0.29, 0.717) is 12.5 Å². The highest BCUT2D eigenvalue weighted by atomic mass is 16.6. The van der Waals surface area contributed by atoms with Gasteiger partial charge >= 0.3 is 11.7 Å². The maximum atomic E-state index is 11.4. The van der Waals surface area contributed by atoms with Gasteiger partial charge in [0, 0.05) is 12.1 Å². The number of nitro groups is 1. The minimum absolute atomic E-state index is 0.0980. The fourth-order valence-corrected chi connectivity index (χ4v) is 1.83. The van der Waals surface area contributed by atoms with Gasteiger partial charge in [0.05, 0.1) is 24.2 Å². The number of carbonyl (C=O) groups is 1. The Morgan fingerprint density at radius 2 is 2.15 bits per heavy atom. The Morgan fingerprint density at radius 1 is 1.45 bits per heavy atom. The maximum Gasteiger partial charge on any atom is 0.337 e. The van der Waals surface area contributed by atoms with E-state index in [1.54, 1.807) is 0 Å². The van der Waals surface area contributed by atoms with Crippen molar-refractivity contribution < 1.29 is 19.2 Å². The quantitative estimate of drug-likeness (QED) is 0.435. The van der Waals surface area contributed by atoms with Gasteiger partial charge in [-0.2, -0.15) is 0 Å². The first-order valence-corrected chi connectivity index (χ1v) is 6.49. The molecular formula is C14H19NO5.